The summed E-state index contributed by atoms with van der Waals surface area (Å²) < 4.78 is 0. The maximum Gasteiger partial charge on any atom is 0 e. The van der Waals surface area contributed by atoms with Crippen molar-refractivity contribution in [1.29, 1.82) is 0 Å². The van der Waals surface area contributed by atoms with E-state index in [-0.39, 0.29) is 20.1 Å². The predicted molar refractivity (Wildman–Crippen MR) is 39.3 cm³/mol. The molecule has 0 heterocycles. The van der Waals surface area contributed by atoms with Crippen molar-refractivity contribution >= 4 is 0 Å². The molecule has 0 aliphatic rings. The number of terminal acetylenes is 1. The third-order valence-electron chi connectivity index (χ3n) is 0.447. The van der Waals surface area contributed by atoms with E-state index in [1.54, 1.807) is 0 Å². The first kappa shape index (κ1) is 12.2. The number of rotatable bonds is 0. The van der Waals surface area contributed by atoms with Crippen LogP contribution < -0.4 is 0 Å². The van der Waals surface area contributed by atoms with Gasteiger partial charge >= 0.3 is 0 Å². The molecule has 0 saturated heterocycles. The molecular formula is C10HIr-. The molecule has 0 aromatic rings. The van der Waals surface area contributed by atoms with Crippen molar-refractivity contribution in [2.75, 3.05) is 0 Å². The first-order valence-electron chi connectivity index (χ1n) is 2.29. The van der Waals surface area contributed by atoms with Gasteiger partial charge in [0.1, 0.15) is 0 Å². The van der Waals surface area contributed by atoms with Gasteiger partial charge in [0, 0.05) is 20.1 Å². The summed E-state index contributed by atoms with van der Waals surface area (Å²) in [6.45, 7) is 0. The molecule has 1 heteroatoms. The second-order valence-electron chi connectivity index (χ2n) is 1.02. The van der Waals surface area contributed by atoms with Crippen LogP contribution in [0.15, 0.2) is 0 Å². The number of hydrogen-bond donors (Lipinski definition) is 0. The third-order valence-corrected chi connectivity index (χ3v) is 0.447. The van der Waals surface area contributed by atoms with Gasteiger partial charge in [0.05, 0.1) is 0 Å². The Hall–Kier alpha value is -1.55. The van der Waals surface area contributed by atoms with Crippen molar-refractivity contribution in [1.82, 2.24) is 0 Å². The molecule has 0 aliphatic carbocycles. The van der Waals surface area contributed by atoms with Crippen molar-refractivity contribution in [2.45, 2.75) is 0 Å². The molecule has 0 unspecified atom stereocenters. The van der Waals surface area contributed by atoms with Crippen molar-refractivity contribution < 1.29 is 20.1 Å². The molecule has 0 aliphatic heterocycles. The van der Waals surface area contributed by atoms with Gasteiger partial charge in [-0.05, 0) is 29.6 Å². The maximum atomic E-state index is 6.36. The second kappa shape index (κ2) is 11.3. The Balaban J connectivity index is 0. The van der Waals surface area contributed by atoms with E-state index in [2.05, 4.69) is 41.4 Å². The van der Waals surface area contributed by atoms with Crippen LogP contribution in [0.3, 0.4) is 0 Å². The molecule has 0 aromatic carbocycles. The van der Waals surface area contributed by atoms with Gasteiger partial charge in [0.25, 0.3) is 0 Å². The van der Waals surface area contributed by atoms with E-state index in [1.807, 2.05) is 5.92 Å². The molecule has 51 valence electrons. The van der Waals surface area contributed by atoms with Crippen LogP contribution in [0.4, 0.5) is 0 Å². The third kappa shape index (κ3) is 11.8. The normalized spacial score (nSPS) is 3.09. The molecule has 0 atom stereocenters. The molecule has 0 aromatic heterocycles. The van der Waals surface area contributed by atoms with Crippen LogP contribution >= 0.6 is 0 Å². The molecule has 0 N–H and O–H groups in total. The summed E-state index contributed by atoms with van der Waals surface area (Å²) in [4.78, 5) is 0. The van der Waals surface area contributed by atoms with Gasteiger partial charge in [-0.25, -0.2) is 5.92 Å². The molecular weight excluding hydrogens is 312 g/mol. The minimum absolute atomic E-state index is 0. The minimum atomic E-state index is 0. The molecule has 0 bridgehead atoms. The SMILES string of the molecule is [C-]#CC#CC#CC#CC#C.[Ir]. The summed E-state index contributed by atoms with van der Waals surface area (Å²) in [6, 6.07) is 0. The van der Waals surface area contributed by atoms with Crippen LogP contribution in [0, 0.1) is 60.2 Å². The molecule has 0 rings (SSSR count). The Morgan fingerprint density at radius 2 is 1.27 bits per heavy atom. The molecule has 0 fully saturated rings. The van der Waals surface area contributed by atoms with E-state index in [1.165, 1.54) is 0 Å². The molecule has 0 nitrogen and oxygen atoms in total. The average Bonchev–Trinajstić information content (AvgIpc) is 1.97. The first-order valence-corrected chi connectivity index (χ1v) is 2.29. The maximum absolute atomic E-state index is 6.36. The fourth-order valence-electron chi connectivity index (χ4n) is 0.192. The molecule has 0 spiro atoms. The second-order valence-corrected chi connectivity index (χ2v) is 1.02. The van der Waals surface area contributed by atoms with E-state index in [4.69, 9.17) is 12.8 Å². The largest absolute Gasteiger partial charge is 0.358 e. The van der Waals surface area contributed by atoms with E-state index >= 15 is 0 Å². The fourth-order valence-corrected chi connectivity index (χ4v) is 0.192. The van der Waals surface area contributed by atoms with Crippen LogP contribution in [0.25, 0.3) is 0 Å². The summed E-state index contributed by atoms with van der Waals surface area (Å²) in [5, 5.41) is 0. The van der Waals surface area contributed by atoms with E-state index in [9.17, 15) is 0 Å². The zero-order chi connectivity index (χ0) is 7.66. The Morgan fingerprint density at radius 1 is 0.818 bits per heavy atom. The van der Waals surface area contributed by atoms with E-state index in [0.717, 1.165) is 0 Å². The van der Waals surface area contributed by atoms with E-state index in [0.29, 0.717) is 0 Å². The predicted octanol–water partition coefficient (Wildman–Crippen LogP) is 0.217. The quantitative estimate of drug-likeness (QED) is 0.443. The summed E-state index contributed by atoms with van der Waals surface area (Å²) in [6.07, 6.45) is 11.2. The van der Waals surface area contributed by atoms with Gasteiger partial charge in [0.15, 0.2) is 0 Å². The van der Waals surface area contributed by atoms with Crippen LogP contribution in [-0.2, 0) is 20.1 Å². The Labute approximate surface area is 80.5 Å². The molecule has 11 heavy (non-hydrogen) atoms. The van der Waals surface area contributed by atoms with Crippen LogP contribution in [0.5, 0.6) is 0 Å². The zero-order valence-electron chi connectivity index (χ0n) is 5.41. The van der Waals surface area contributed by atoms with Gasteiger partial charge < -0.3 is 6.42 Å². The van der Waals surface area contributed by atoms with Crippen LogP contribution in [0.1, 0.15) is 0 Å². The summed E-state index contributed by atoms with van der Waals surface area (Å²) in [7, 11) is 0. The van der Waals surface area contributed by atoms with Gasteiger partial charge in [0.2, 0.25) is 0 Å². The zero-order valence-corrected chi connectivity index (χ0v) is 7.81. The van der Waals surface area contributed by atoms with Crippen molar-refractivity contribution in [3.63, 3.8) is 0 Å². The Kier molecular flexibility index (Phi) is 12.5. The molecule has 0 saturated carbocycles. The Bertz CT molecular complexity index is 319. The van der Waals surface area contributed by atoms with Crippen molar-refractivity contribution in [2.24, 2.45) is 0 Å². The standard InChI is InChI=1S/C10H.Ir/c1-3-5-7-9-10-8-6-4-2;/h1H;/q-1;. The number of hydrogen-bond acceptors (Lipinski definition) is 0. The van der Waals surface area contributed by atoms with Crippen LogP contribution in [-0.4, -0.2) is 0 Å². The smallest absolute Gasteiger partial charge is 0 e. The summed E-state index contributed by atoms with van der Waals surface area (Å²) in [5.41, 5.74) is 0. The van der Waals surface area contributed by atoms with Gasteiger partial charge in [-0.1, -0.05) is 0 Å². The van der Waals surface area contributed by atoms with E-state index < -0.39 is 0 Å². The summed E-state index contributed by atoms with van der Waals surface area (Å²) >= 11 is 0. The Morgan fingerprint density at radius 3 is 1.73 bits per heavy atom. The first-order chi connectivity index (χ1) is 4.91. The minimum Gasteiger partial charge on any atom is -0.358 e. The molecule has 1 radical (unpaired) electrons. The van der Waals surface area contributed by atoms with Gasteiger partial charge in [-0.3, -0.25) is 5.92 Å². The summed E-state index contributed by atoms with van der Waals surface area (Å²) in [5.74, 6) is 17.8. The van der Waals surface area contributed by atoms with Gasteiger partial charge in [-0.2, -0.15) is 0 Å². The van der Waals surface area contributed by atoms with Crippen molar-refractivity contribution in [3.05, 3.63) is 6.42 Å². The topological polar surface area (TPSA) is 0 Å². The van der Waals surface area contributed by atoms with Crippen LogP contribution in [0.2, 0.25) is 0 Å². The molecule has 0 amide bonds. The average molecular weight is 313 g/mol. The van der Waals surface area contributed by atoms with Crippen molar-refractivity contribution in [3.8, 4) is 53.8 Å². The van der Waals surface area contributed by atoms with Gasteiger partial charge in [-0.15, -0.1) is 12.3 Å². The monoisotopic (exact) mass is 314 g/mol. The fraction of sp³-hybridized carbons (Fsp3) is 0.